The molecule has 0 spiro atoms. The molecule has 0 saturated carbocycles. The Morgan fingerprint density at radius 2 is 2.00 bits per heavy atom. The van der Waals surface area contributed by atoms with Crippen LogP contribution in [0.1, 0.15) is 33.1 Å². The third kappa shape index (κ3) is 1.84. The Kier molecular flexibility index (Phi) is 2.99. The molecule has 0 unspecified atom stereocenters. The Labute approximate surface area is 96.9 Å². The molecule has 1 aromatic rings. The van der Waals surface area contributed by atoms with Crippen LogP contribution < -0.4 is 10.6 Å². The van der Waals surface area contributed by atoms with Crippen LogP contribution in [-0.2, 0) is 0 Å². The molecule has 2 heterocycles. The maximum Gasteiger partial charge on any atom is 0.171 e. The highest BCUT2D eigenvalue weighted by Gasteiger charge is 2.36. The molecule has 0 radical (unpaired) electrons. The van der Waals surface area contributed by atoms with Crippen molar-refractivity contribution >= 4 is 11.6 Å². The molecule has 4 heteroatoms. The van der Waals surface area contributed by atoms with Crippen molar-refractivity contribution in [1.29, 1.82) is 0 Å². The Hall–Kier alpha value is -1.32. The van der Waals surface area contributed by atoms with Crippen LogP contribution in [0.2, 0.25) is 0 Å². The molecule has 2 N–H and O–H groups in total. The van der Waals surface area contributed by atoms with E-state index in [1.807, 2.05) is 0 Å². The quantitative estimate of drug-likeness (QED) is 0.847. The number of nitrogens with two attached hydrogens (primary N) is 1. The fourth-order valence-electron chi connectivity index (χ4n) is 2.53. The van der Waals surface area contributed by atoms with Crippen LogP contribution in [0, 0.1) is 5.41 Å². The molecule has 2 rings (SSSR count). The molecular weight excluding hydrogens is 200 g/mol. The Bertz CT molecular complexity index is 360. The number of nitrogen functional groups attached to an aromatic ring is 1. The second-order valence-corrected chi connectivity index (χ2v) is 4.64. The van der Waals surface area contributed by atoms with Crippen molar-refractivity contribution in [2.75, 3.05) is 23.7 Å². The average Bonchev–Trinajstić information content (AvgIpc) is 2.75. The highest BCUT2D eigenvalue weighted by molar-refractivity contribution is 5.58. The molecule has 16 heavy (non-hydrogen) atoms. The molecule has 0 bridgehead atoms. The summed E-state index contributed by atoms with van der Waals surface area (Å²) in [6.07, 6.45) is 7.03. The van der Waals surface area contributed by atoms with Crippen molar-refractivity contribution in [3.63, 3.8) is 0 Å². The van der Waals surface area contributed by atoms with Gasteiger partial charge in [0.25, 0.3) is 0 Å². The lowest BCUT2D eigenvalue weighted by molar-refractivity contribution is 0.301. The summed E-state index contributed by atoms with van der Waals surface area (Å²) in [5.74, 6) is 1.40. The largest absolute Gasteiger partial charge is 0.381 e. The van der Waals surface area contributed by atoms with Gasteiger partial charge in [0.15, 0.2) is 11.6 Å². The van der Waals surface area contributed by atoms with Crippen LogP contribution in [0.25, 0.3) is 0 Å². The van der Waals surface area contributed by atoms with E-state index in [-0.39, 0.29) is 0 Å². The van der Waals surface area contributed by atoms with Crippen LogP contribution >= 0.6 is 0 Å². The summed E-state index contributed by atoms with van der Waals surface area (Å²) >= 11 is 0. The van der Waals surface area contributed by atoms with Gasteiger partial charge in [0, 0.05) is 25.5 Å². The van der Waals surface area contributed by atoms with E-state index in [9.17, 15) is 0 Å². The maximum absolute atomic E-state index is 5.86. The first-order valence-corrected chi connectivity index (χ1v) is 6.02. The minimum Gasteiger partial charge on any atom is -0.381 e. The highest BCUT2D eigenvalue weighted by Crippen LogP contribution is 2.39. The standard InChI is InChI=1S/C12H20N4/c1-3-12(4-2)5-8-16(9-12)11-10(13)14-6-7-15-11/h6-7H,3-5,8-9H2,1-2H3,(H2,13,14). The molecule has 0 aliphatic carbocycles. The van der Waals surface area contributed by atoms with Gasteiger partial charge in [0.2, 0.25) is 0 Å². The third-order valence-electron chi connectivity index (χ3n) is 3.94. The molecule has 0 atom stereocenters. The fraction of sp³-hybridized carbons (Fsp3) is 0.667. The van der Waals surface area contributed by atoms with Crippen molar-refractivity contribution < 1.29 is 0 Å². The van der Waals surface area contributed by atoms with Crippen molar-refractivity contribution in [2.45, 2.75) is 33.1 Å². The van der Waals surface area contributed by atoms with Crippen molar-refractivity contribution in [2.24, 2.45) is 5.41 Å². The van der Waals surface area contributed by atoms with E-state index in [4.69, 9.17) is 5.73 Å². The van der Waals surface area contributed by atoms with E-state index >= 15 is 0 Å². The summed E-state index contributed by atoms with van der Waals surface area (Å²) in [6.45, 7) is 6.65. The number of hydrogen-bond acceptors (Lipinski definition) is 4. The molecule has 0 amide bonds. The summed E-state index contributed by atoms with van der Waals surface area (Å²) in [7, 11) is 0. The van der Waals surface area contributed by atoms with Gasteiger partial charge in [-0.3, -0.25) is 0 Å². The molecule has 1 aliphatic rings. The predicted molar refractivity (Wildman–Crippen MR) is 66.3 cm³/mol. The van der Waals surface area contributed by atoms with Crippen molar-refractivity contribution in [3.8, 4) is 0 Å². The minimum absolute atomic E-state index is 0.448. The lowest BCUT2D eigenvalue weighted by Crippen LogP contribution is -2.27. The zero-order chi connectivity index (χ0) is 11.6. The molecular formula is C12H20N4. The molecule has 1 aromatic heterocycles. The van der Waals surface area contributed by atoms with Gasteiger partial charge in [-0.1, -0.05) is 13.8 Å². The van der Waals surface area contributed by atoms with Crippen LogP contribution in [0.4, 0.5) is 11.6 Å². The van der Waals surface area contributed by atoms with Crippen LogP contribution in [-0.4, -0.2) is 23.1 Å². The third-order valence-corrected chi connectivity index (χ3v) is 3.94. The van der Waals surface area contributed by atoms with Gasteiger partial charge in [-0.2, -0.15) is 0 Å². The molecule has 1 fully saturated rings. The van der Waals surface area contributed by atoms with Gasteiger partial charge in [0.05, 0.1) is 0 Å². The lowest BCUT2D eigenvalue weighted by atomic mass is 9.82. The molecule has 1 saturated heterocycles. The first kappa shape index (κ1) is 11.2. The second kappa shape index (κ2) is 4.28. The Morgan fingerprint density at radius 3 is 2.56 bits per heavy atom. The number of nitrogens with zero attached hydrogens (tertiary/aromatic N) is 3. The van der Waals surface area contributed by atoms with Gasteiger partial charge in [-0.05, 0) is 24.7 Å². The molecule has 0 aromatic carbocycles. The molecule has 4 nitrogen and oxygen atoms in total. The van der Waals surface area contributed by atoms with E-state index in [1.54, 1.807) is 12.4 Å². The van der Waals surface area contributed by atoms with Gasteiger partial charge in [-0.15, -0.1) is 0 Å². The smallest absolute Gasteiger partial charge is 0.171 e. The minimum atomic E-state index is 0.448. The fourth-order valence-corrected chi connectivity index (χ4v) is 2.53. The van der Waals surface area contributed by atoms with Gasteiger partial charge in [0.1, 0.15) is 0 Å². The second-order valence-electron chi connectivity index (χ2n) is 4.64. The zero-order valence-electron chi connectivity index (χ0n) is 10.1. The van der Waals surface area contributed by atoms with E-state index in [0.29, 0.717) is 11.2 Å². The monoisotopic (exact) mass is 220 g/mol. The maximum atomic E-state index is 5.86. The number of anilines is 2. The topological polar surface area (TPSA) is 55.0 Å². The predicted octanol–water partition coefficient (Wildman–Crippen LogP) is 2.08. The summed E-state index contributed by atoms with van der Waals surface area (Å²) in [6, 6.07) is 0. The summed E-state index contributed by atoms with van der Waals surface area (Å²) in [5, 5.41) is 0. The summed E-state index contributed by atoms with van der Waals surface area (Å²) < 4.78 is 0. The Balaban J connectivity index is 2.18. The number of rotatable bonds is 3. The van der Waals surface area contributed by atoms with E-state index in [2.05, 4.69) is 28.7 Å². The van der Waals surface area contributed by atoms with E-state index in [0.717, 1.165) is 18.9 Å². The van der Waals surface area contributed by atoms with Gasteiger partial charge in [-0.25, -0.2) is 9.97 Å². The van der Waals surface area contributed by atoms with Gasteiger partial charge < -0.3 is 10.6 Å². The highest BCUT2D eigenvalue weighted by atomic mass is 15.2. The average molecular weight is 220 g/mol. The molecule has 88 valence electrons. The number of aromatic nitrogens is 2. The summed E-state index contributed by atoms with van der Waals surface area (Å²) in [4.78, 5) is 10.7. The lowest BCUT2D eigenvalue weighted by Gasteiger charge is -2.26. The zero-order valence-corrected chi connectivity index (χ0v) is 10.1. The van der Waals surface area contributed by atoms with Crippen LogP contribution in [0.3, 0.4) is 0 Å². The van der Waals surface area contributed by atoms with Crippen LogP contribution in [0.5, 0.6) is 0 Å². The van der Waals surface area contributed by atoms with E-state index < -0.39 is 0 Å². The number of hydrogen-bond donors (Lipinski definition) is 1. The first-order chi connectivity index (χ1) is 7.71. The van der Waals surface area contributed by atoms with E-state index in [1.165, 1.54) is 19.3 Å². The molecule has 1 aliphatic heterocycles. The SMILES string of the molecule is CCC1(CC)CCN(c2nccnc2N)C1. The van der Waals surface area contributed by atoms with Crippen molar-refractivity contribution in [3.05, 3.63) is 12.4 Å². The van der Waals surface area contributed by atoms with Crippen LogP contribution in [0.15, 0.2) is 12.4 Å². The summed E-state index contributed by atoms with van der Waals surface area (Å²) in [5.41, 5.74) is 6.30. The van der Waals surface area contributed by atoms with Crippen molar-refractivity contribution in [1.82, 2.24) is 9.97 Å². The first-order valence-electron chi connectivity index (χ1n) is 6.02. The Morgan fingerprint density at radius 1 is 1.31 bits per heavy atom. The normalized spacial score (nSPS) is 19.0. The van der Waals surface area contributed by atoms with Gasteiger partial charge >= 0.3 is 0 Å².